The van der Waals surface area contributed by atoms with Gasteiger partial charge in [-0.2, -0.15) is 0 Å². The fourth-order valence-electron chi connectivity index (χ4n) is 1.66. The van der Waals surface area contributed by atoms with Gasteiger partial charge < -0.3 is 4.74 Å². The third-order valence-electron chi connectivity index (χ3n) is 2.44. The van der Waals surface area contributed by atoms with Crippen molar-refractivity contribution in [2.75, 3.05) is 0 Å². The maximum absolute atomic E-state index is 11.1. The molecule has 0 spiro atoms. The molecule has 4 heteroatoms. The topological polar surface area (TPSA) is 26.3 Å². The Morgan fingerprint density at radius 3 is 2.73 bits per heavy atom. The van der Waals surface area contributed by atoms with E-state index in [1.54, 1.807) is 12.1 Å². The summed E-state index contributed by atoms with van der Waals surface area (Å²) >= 11 is 11.7. The van der Waals surface area contributed by atoms with E-state index >= 15 is 0 Å². The Balaban J connectivity index is 2.21. The van der Waals surface area contributed by atoms with Gasteiger partial charge in [-0.3, -0.25) is 4.79 Å². The first-order chi connectivity index (χ1) is 7.16. The van der Waals surface area contributed by atoms with Crippen molar-refractivity contribution in [1.82, 2.24) is 0 Å². The SMILES string of the molecule is O=C1CCCC(c2ccc(Cl)c(Cl)c2)O1. The summed E-state index contributed by atoms with van der Waals surface area (Å²) in [5.41, 5.74) is 0.914. The van der Waals surface area contributed by atoms with E-state index in [0.29, 0.717) is 16.5 Å². The predicted molar refractivity (Wildman–Crippen MR) is 59.1 cm³/mol. The van der Waals surface area contributed by atoms with Gasteiger partial charge in [0.15, 0.2) is 0 Å². The maximum Gasteiger partial charge on any atom is 0.306 e. The molecule has 1 aliphatic rings. The average Bonchev–Trinajstić information content (AvgIpc) is 2.22. The first kappa shape index (κ1) is 10.8. The zero-order valence-electron chi connectivity index (χ0n) is 8.00. The van der Waals surface area contributed by atoms with Crippen molar-refractivity contribution >= 4 is 29.2 Å². The molecule has 0 amide bonds. The molecule has 1 aromatic rings. The average molecular weight is 245 g/mol. The summed E-state index contributed by atoms with van der Waals surface area (Å²) in [6, 6.07) is 5.33. The quantitative estimate of drug-likeness (QED) is 0.704. The minimum Gasteiger partial charge on any atom is -0.457 e. The molecule has 2 nitrogen and oxygen atoms in total. The largest absolute Gasteiger partial charge is 0.457 e. The molecule has 15 heavy (non-hydrogen) atoms. The van der Waals surface area contributed by atoms with E-state index in [-0.39, 0.29) is 12.1 Å². The van der Waals surface area contributed by atoms with Gasteiger partial charge in [0.2, 0.25) is 0 Å². The van der Waals surface area contributed by atoms with Gasteiger partial charge in [0.25, 0.3) is 0 Å². The molecular formula is C11H10Cl2O2. The Labute approximate surface area is 98.1 Å². The second-order valence-corrected chi connectivity index (χ2v) is 4.36. The number of carbonyl (C=O) groups is 1. The number of halogens is 2. The highest BCUT2D eigenvalue weighted by Crippen LogP contribution is 2.32. The van der Waals surface area contributed by atoms with Gasteiger partial charge in [0, 0.05) is 6.42 Å². The third kappa shape index (κ3) is 2.44. The summed E-state index contributed by atoms with van der Waals surface area (Å²) in [5, 5.41) is 1.01. The number of cyclic esters (lactones) is 1. The minimum atomic E-state index is -0.166. The zero-order chi connectivity index (χ0) is 10.8. The molecule has 0 bridgehead atoms. The second-order valence-electron chi connectivity index (χ2n) is 3.54. The van der Waals surface area contributed by atoms with Crippen molar-refractivity contribution < 1.29 is 9.53 Å². The van der Waals surface area contributed by atoms with Gasteiger partial charge in [-0.05, 0) is 30.5 Å². The first-order valence-electron chi connectivity index (χ1n) is 4.81. The molecule has 1 saturated heterocycles. The Bertz CT molecular complexity index is 390. The molecule has 1 unspecified atom stereocenters. The van der Waals surface area contributed by atoms with E-state index in [9.17, 15) is 4.79 Å². The molecule has 0 aliphatic carbocycles. The van der Waals surface area contributed by atoms with E-state index in [1.165, 1.54) is 0 Å². The zero-order valence-corrected chi connectivity index (χ0v) is 9.52. The fraction of sp³-hybridized carbons (Fsp3) is 0.364. The molecule has 1 aliphatic heterocycles. The fourth-order valence-corrected chi connectivity index (χ4v) is 1.96. The Morgan fingerprint density at radius 1 is 1.27 bits per heavy atom. The van der Waals surface area contributed by atoms with Crippen molar-refractivity contribution in [2.45, 2.75) is 25.4 Å². The summed E-state index contributed by atoms with van der Waals surface area (Å²) in [4.78, 5) is 11.1. The Hall–Kier alpha value is -0.730. The molecule has 0 radical (unpaired) electrons. The van der Waals surface area contributed by atoms with Crippen LogP contribution in [0.5, 0.6) is 0 Å². The van der Waals surface area contributed by atoms with E-state index in [0.717, 1.165) is 18.4 Å². The van der Waals surface area contributed by atoms with Crippen LogP contribution >= 0.6 is 23.2 Å². The molecule has 0 N–H and O–H groups in total. The van der Waals surface area contributed by atoms with E-state index in [1.807, 2.05) is 6.07 Å². The third-order valence-corrected chi connectivity index (χ3v) is 3.18. The number of ether oxygens (including phenoxy) is 1. The van der Waals surface area contributed by atoms with Gasteiger partial charge in [-0.1, -0.05) is 29.3 Å². The lowest BCUT2D eigenvalue weighted by molar-refractivity contribution is -0.154. The molecule has 1 atom stereocenters. The first-order valence-corrected chi connectivity index (χ1v) is 5.57. The van der Waals surface area contributed by atoms with Crippen molar-refractivity contribution in [3.05, 3.63) is 33.8 Å². The lowest BCUT2D eigenvalue weighted by atomic mass is 10.0. The highest BCUT2D eigenvalue weighted by atomic mass is 35.5. The highest BCUT2D eigenvalue weighted by molar-refractivity contribution is 6.42. The molecule has 0 aromatic heterocycles. The lowest BCUT2D eigenvalue weighted by Crippen LogP contribution is -2.16. The van der Waals surface area contributed by atoms with Crippen molar-refractivity contribution in [3.8, 4) is 0 Å². The number of benzene rings is 1. The Morgan fingerprint density at radius 2 is 2.07 bits per heavy atom. The summed E-state index contributed by atoms with van der Waals surface area (Å²) in [7, 11) is 0. The molecular weight excluding hydrogens is 235 g/mol. The van der Waals surface area contributed by atoms with Crippen LogP contribution < -0.4 is 0 Å². The molecule has 2 rings (SSSR count). The van der Waals surface area contributed by atoms with Gasteiger partial charge in [-0.15, -0.1) is 0 Å². The summed E-state index contributed by atoms with van der Waals surface area (Å²) in [6.45, 7) is 0. The van der Waals surface area contributed by atoms with Gasteiger partial charge in [0.05, 0.1) is 10.0 Å². The number of carbonyl (C=O) groups excluding carboxylic acids is 1. The monoisotopic (exact) mass is 244 g/mol. The van der Waals surface area contributed by atoms with Crippen molar-refractivity contribution in [3.63, 3.8) is 0 Å². The second kappa shape index (κ2) is 4.42. The van der Waals surface area contributed by atoms with Crippen LogP contribution in [0.25, 0.3) is 0 Å². The summed E-state index contributed by atoms with van der Waals surface area (Å²) in [6.07, 6.45) is 2.06. The highest BCUT2D eigenvalue weighted by Gasteiger charge is 2.22. The number of esters is 1. The standard InChI is InChI=1S/C11H10Cl2O2/c12-8-5-4-7(6-9(8)13)10-2-1-3-11(14)15-10/h4-6,10H,1-3H2. The number of rotatable bonds is 1. The van der Waals surface area contributed by atoms with Crippen LogP contribution in [-0.4, -0.2) is 5.97 Å². The van der Waals surface area contributed by atoms with Crippen LogP contribution in [0.4, 0.5) is 0 Å². The molecule has 1 fully saturated rings. The molecule has 1 heterocycles. The number of hydrogen-bond donors (Lipinski definition) is 0. The molecule has 1 aromatic carbocycles. The van der Waals surface area contributed by atoms with Crippen LogP contribution in [-0.2, 0) is 9.53 Å². The van der Waals surface area contributed by atoms with Crippen LogP contribution in [0.2, 0.25) is 10.0 Å². The molecule has 80 valence electrons. The van der Waals surface area contributed by atoms with Gasteiger partial charge in [0.1, 0.15) is 6.10 Å². The van der Waals surface area contributed by atoms with E-state index in [2.05, 4.69) is 0 Å². The summed E-state index contributed by atoms with van der Waals surface area (Å²) in [5.74, 6) is -0.141. The van der Waals surface area contributed by atoms with E-state index < -0.39 is 0 Å². The van der Waals surface area contributed by atoms with Crippen LogP contribution in [0.3, 0.4) is 0 Å². The van der Waals surface area contributed by atoms with Crippen LogP contribution in [0, 0.1) is 0 Å². The lowest BCUT2D eigenvalue weighted by Gasteiger charge is -2.22. The number of hydrogen-bond acceptors (Lipinski definition) is 2. The van der Waals surface area contributed by atoms with Crippen molar-refractivity contribution in [2.24, 2.45) is 0 Å². The normalized spacial score (nSPS) is 21.2. The van der Waals surface area contributed by atoms with Gasteiger partial charge in [-0.25, -0.2) is 0 Å². The predicted octanol–water partition coefficient (Wildman–Crippen LogP) is 3.76. The van der Waals surface area contributed by atoms with Gasteiger partial charge >= 0.3 is 5.97 Å². The Kier molecular flexibility index (Phi) is 3.17. The van der Waals surface area contributed by atoms with Crippen LogP contribution in [0.15, 0.2) is 18.2 Å². The smallest absolute Gasteiger partial charge is 0.306 e. The maximum atomic E-state index is 11.1. The van der Waals surface area contributed by atoms with Crippen molar-refractivity contribution in [1.29, 1.82) is 0 Å². The van der Waals surface area contributed by atoms with E-state index in [4.69, 9.17) is 27.9 Å². The van der Waals surface area contributed by atoms with Crippen LogP contribution in [0.1, 0.15) is 30.9 Å². The molecule has 0 saturated carbocycles. The minimum absolute atomic E-state index is 0.141. The summed E-state index contributed by atoms with van der Waals surface area (Å²) < 4.78 is 5.23.